The zero-order chi connectivity index (χ0) is 18.1. The van der Waals surface area contributed by atoms with Crippen LogP contribution in [0.25, 0.3) is 0 Å². The molecule has 0 amide bonds. The summed E-state index contributed by atoms with van der Waals surface area (Å²) in [6.07, 6.45) is 0. The number of para-hydroxylation sites is 1. The Morgan fingerprint density at radius 2 is 1.85 bits per heavy atom. The zero-order valence-electron chi connectivity index (χ0n) is 15.0. The molecule has 0 aliphatic carbocycles. The van der Waals surface area contributed by atoms with Crippen LogP contribution in [-0.4, -0.2) is 48.0 Å². The maximum absolute atomic E-state index is 10.6. The lowest BCUT2D eigenvalue weighted by Gasteiger charge is -2.24. The van der Waals surface area contributed by atoms with Crippen LogP contribution in [0.4, 0.5) is 0 Å². The van der Waals surface area contributed by atoms with Gasteiger partial charge in [-0.05, 0) is 23.5 Å². The van der Waals surface area contributed by atoms with Crippen LogP contribution in [0.2, 0.25) is 0 Å². The molecule has 0 saturated carbocycles. The van der Waals surface area contributed by atoms with Crippen molar-refractivity contribution < 1.29 is 14.9 Å². The van der Waals surface area contributed by atoms with Crippen LogP contribution >= 0.6 is 0 Å². The van der Waals surface area contributed by atoms with Crippen molar-refractivity contribution >= 4 is 0 Å². The first kappa shape index (κ1) is 17.3. The predicted molar refractivity (Wildman–Crippen MR) is 100 cm³/mol. The second-order valence-electron chi connectivity index (χ2n) is 7.34. The van der Waals surface area contributed by atoms with Crippen LogP contribution in [0.1, 0.15) is 17.2 Å². The van der Waals surface area contributed by atoms with E-state index in [1.165, 1.54) is 5.56 Å². The van der Waals surface area contributed by atoms with Crippen molar-refractivity contribution in [2.24, 2.45) is 11.8 Å². The minimum absolute atomic E-state index is 0.0213. The molecule has 0 unspecified atom stereocenters. The van der Waals surface area contributed by atoms with E-state index in [1.54, 1.807) is 13.2 Å². The van der Waals surface area contributed by atoms with Gasteiger partial charge in [-0.3, -0.25) is 4.90 Å². The molecule has 4 rings (SSSR count). The Labute approximate surface area is 154 Å². The number of fused-ring (bicyclic) bond motifs is 1. The Bertz CT molecular complexity index is 752. The predicted octanol–water partition coefficient (Wildman–Crippen LogP) is 2.15. The normalized spacial score (nSPS) is 28.2. The molecule has 0 spiro atoms. The van der Waals surface area contributed by atoms with Crippen molar-refractivity contribution in [3.05, 3.63) is 59.7 Å². The quantitative estimate of drug-likeness (QED) is 0.768. The van der Waals surface area contributed by atoms with E-state index in [4.69, 9.17) is 4.74 Å². The van der Waals surface area contributed by atoms with Crippen molar-refractivity contribution in [2.45, 2.75) is 18.6 Å². The lowest BCUT2D eigenvalue weighted by Crippen LogP contribution is -2.36. The number of aliphatic hydroxyl groups is 1. The molecular formula is C21H26N2O3. The van der Waals surface area contributed by atoms with E-state index >= 15 is 0 Å². The maximum atomic E-state index is 10.6. The Morgan fingerprint density at radius 1 is 1.08 bits per heavy atom. The minimum atomic E-state index is 0.0213. The number of hydrogen-bond acceptors (Lipinski definition) is 5. The molecule has 0 aromatic heterocycles. The van der Waals surface area contributed by atoms with Gasteiger partial charge in [0.15, 0.2) is 11.5 Å². The van der Waals surface area contributed by atoms with Crippen LogP contribution in [-0.2, 0) is 6.54 Å². The molecule has 2 aromatic rings. The highest BCUT2D eigenvalue weighted by Crippen LogP contribution is 2.46. The fourth-order valence-corrected chi connectivity index (χ4v) is 4.63. The maximum Gasteiger partial charge on any atom is 0.162 e. The monoisotopic (exact) mass is 354 g/mol. The first-order valence-electron chi connectivity index (χ1n) is 9.20. The number of phenols is 1. The molecule has 2 aliphatic rings. The average Bonchev–Trinajstić information content (AvgIpc) is 3.21. The molecule has 26 heavy (non-hydrogen) atoms. The van der Waals surface area contributed by atoms with Gasteiger partial charge >= 0.3 is 0 Å². The SMILES string of the molecule is COc1cccc([C@H]2N[C@@H](CO)[C@H]3CN(Cc4ccccc4)C[C@H]32)c1O. The van der Waals surface area contributed by atoms with Crippen LogP contribution in [0.3, 0.4) is 0 Å². The molecule has 2 aliphatic heterocycles. The van der Waals surface area contributed by atoms with Crippen molar-refractivity contribution in [3.63, 3.8) is 0 Å². The molecule has 3 N–H and O–H groups in total. The largest absolute Gasteiger partial charge is 0.504 e. The summed E-state index contributed by atoms with van der Waals surface area (Å²) in [5, 5.41) is 24.0. The van der Waals surface area contributed by atoms with E-state index in [0.717, 1.165) is 25.2 Å². The number of methoxy groups -OCH3 is 1. The minimum Gasteiger partial charge on any atom is -0.504 e. The standard InChI is InChI=1S/C21H26N2O3/c1-26-19-9-5-8-15(21(19)25)20-17-12-23(10-14-6-3-2-4-7-14)11-16(17)18(13-24)22-20/h2-9,16-18,20,22,24-25H,10-13H2,1H3/t16-,17+,18-,20+/m0/s1. The van der Waals surface area contributed by atoms with Gasteiger partial charge in [-0.1, -0.05) is 42.5 Å². The first-order valence-corrected chi connectivity index (χ1v) is 9.20. The van der Waals surface area contributed by atoms with Gasteiger partial charge < -0.3 is 20.3 Å². The number of aromatic hydroxyl groups is 1. The number of benzene rings is 2. The van der Waals surface area contributed by atoms with E-state index in [9.17, 15) is 10.2 Å². The molecule has 2 aromatic carbocycles. The first-order chi connectivity index (χ1) is 12.7. The smallest absolute Gasteiger partial charge is 0.162 e. The summed E-state index contributed by atoms with van der Waals surface area (Å²) in [6, 6.07) is 16.2. The summed E-state index contributed by atoms with van der Waals surface area (Å²) in [5.74, 6) is 1.42. The molecule has 5 heteroatoms. The van der Waals surface area contributed by atoms with Gasteiger partial charge in [-0.2, -0.15) is 0 Å². The number of likely N-dealkylation sites (tertiary alicyclic amines) is 1. The van der Waals surface area contributed by atoms with Gasteiger partial charge in [0.1, 0.15) is 0 Å². The van der Waals surface area contributed by atoms with Gasteiger partial charge in [-0.25, -0.2) is 0 Å². The molecule has 138 valence electrons. The Morgan fingerprint density at radius 3 is 2.58 bits per heavy atom. The van der Waals surface area contributed by atoms with Crippen molar-refractivity contribution in [3.8, 4) is 11.5 Å². The average molecular weight is 354 g/mol. The Balaban J connectivity index is 1.57. The third-order valence-corrected chi connectivity index (χ3v) is 5.86. The highest BCUT2D eigenvalue weighted by Gasteiger charge is 2.48. The Hall–Kier alpha value is -2.08. The van der Waals surface area contributed by atoms with Crippen LogP contribution < -0.4 is 10.1 Å². The molecule has 2 saturated heterocycles. The lowest BCUT2D eigenvalue weighted by molar-refractivity contribution is 0.211. The number of rotatable bonds is 5. The van der Waals surface area contributed by atoms with E-state index in [-0.39, 0.29) is 24.4 Å². The van der Waals surface area contributed by atoms with Gasteiger partial charge in [0, 0.05) is 37.3 Å². The van der Waals surface area contributed by atoms with E-state index < -0.39 is 0 Å². The summed E-state index contributed by atoms with van der Waals surface area (Å²) >= 11 is 0. The van der Waals surface area contributed by atoms with Gasteiger partial charge in [0.2, 0.25) is 0 Å². The third kappa shape index (κ3) is 3.07. The second-order valence-corrected chi connectivity index (χ2v) is 7.34. The summed E-state index contributed by atoms with van der Waals surface area (Å²) < 4.78 is 5.27. The lowest BCUT2D eigenvalue weighted by atomic mass is 9.87. The Kier molecular flexibility index (Phi) is 4.85. The zero-order valence-corrected chi connectivity index (χ0v) is 15.0. The summed E-state index contributed by atoms with van der Waals surface area (Å²) in [5.41, 5.74) is 2.17. The van der Waals surface area contributed by atoms with E-state index in [1.807, 2.05) is 18.2 Å². The highest BCUT2D eigenvalue weighted by atomic mass is 16.5. The van der Waals surface area contributed by atoms with Crippen molar-refractivity contribution in [2.75, 3.05) is 26.8 Å². The number of nitrogens with zero attached hydrogens (tertiary/aromatic N) is 1. The van der Waals surface area contributed by atoms with Gasteiger partial charge in [0.05, 0.1) is 13.7 Å². The number of hydrogen-bond donors (Lipinski definition) is 3. The summed E-state index contributed by atoms with van der Waals surface area (Å²) in [7, 11) is 1.57. The van der Waals surface area contributed by atoms with E-state index in [2.05, 4.69) is 34.5 Å². The van der Waals surface area contributed by atoms with Crippen molar-refractivity contribution in [1.82, 2.24) is 10.2 Å². The van der Waals surface area contributed by atoms with Crippen LogP contribution in [0, 0.1) is 11.8 Å². The van der Waals surface area contributed by atoms with Crippen LogP contribution in [0.15, 0.2) is 48.5 Å². The second kappa shape index (κ2) is 7.27. The number of ether oxygens (including phenoxy) is 1. The fraction of sp³-hybridized carbons (Fsp3) is 0.429. The van der Waals surface area contributed by atoms with Crippen LogP contribution in [0.5, 0.6) is 11.5 Å². The molecule has 0 bridgehead atoms. The summed E-state index contributed by atoms with van der Waals surface area (Å²) in [6.45, 7) is 2.94. The molecule has 0 radical (unpaired) electrons. The molecule has 4 atom stereocenters. The molecule has 2 heterocycles. The molecule has 2 fully saturated rings. The molecule has 5 nitrogen and oxygen atoms in total. The highest BCUT2D eigenvalue weighted by molar-refractivity contribution is 5.47. The number of nitrogens with one attached hydrogen (secondary N) is 1. The third-order valence-electron chi connectivity index (χ3n) is 5.86. The van der Waals surface area contributed by atoms with E-state index in [0.29, 0.717) is 17.6 Å². The van der Waals surface area contributed by atoms with Gasteiger partial charge in [-0.15, -0.1) is 0 Å². The van der Waals surface area contributed by atoms with Crippen molar-refractivity contribution in [1.29, 1.82) is 0 Å². The summed E-state index contributed by atoms with van der Waals surface area (Å²) in [4.78, 5) is 2.46. The topological polar surface area (TPSA) is 65.0 Å². The fourth-order valence-electron chi connectivity index (χ4n) is 4.63. The van der Waals surface area contributed by atoms with Gasteiger partial charge in [0.25, 0.3) is 0 Å². The molecular weight excluding hydrogens is 328 g/mol. The number of aliphatic hydroxyl groups excluding tert-OH is 1. The number of phenolic OH excluding ortho intramolecular Hbond substituents is 1.